The summed E-state index contributed by atoms with van der Waals surface area (Å²) in [6.45, 7) is 0.257. The minimum Gasteiger partial charge on any atom is -0.497 e. The van der Waals surface area contributed by atoms with Gasteiger partial charge in [-0.15, -0.1) is 0 Å². The van der Waals surface area contributed by atoms with E-state index in [-0.39, 0.29) is 17.9 Å². The van der Waals surface area contributed by atoms with E-state index in [0.29, 0.717) is 28.7 Å². The number of hydrogen-bond acceptors (Lipinski definition) is 7. The van der Waals surface area contributed by atoms with Gasteiger partial charge in [-0.05, 0) is 43.9 Å². The van der Waals surface area contributed by atoms with E-state index in [9.17, 15) is 18.0 Å². The van der Waals surface area contributed by atoms with Crippen LogP contribution in [0.1, 0.15) is 15.9 Å². The van der Waals surface area contributed by atoms with E-state index in [1.807, 2.05) is 19.0 Å². The van der Waals surface area contributed by atoms with Gasteiger partial charge in [0.25, 0.3) is 11.8 Å². The molecule has 12 heteroatoms. The third-order valence-electron chi connectivity index (χ3n) is 4.76. The van der Waals surface area contributed by atoms with Gasteiger partial charge in [0.1, 0.15) is 30.3 Å². The van der Waals surface area contributed by atoms with Crippen LogP contribution in [0, 0.1) is 5.82 Å². The van der Waals surface area contributed by atoms with Crippen LogP contribution in [0.25, 0.3) is 0 Å². The molecule has 1 aliphatic heterocycles. The Balaban J connectivity index is 1.93. The Kier molecular flexibility index (Phi) is 7.39. The van der Waals surface area contributed by atoms with Crippen LogP contribution < -0.4 is 23.8 Å². The van der Waals surface area contributed by atoms with Crippen molar-refractivity contribution in [2.24, 2.45) is 0 Å². The molecule has 2 N–H and O–H groups in total. The quantitative estimate of drug-likeness (QED) is 0.547. The van der Waals surface area contributed by atoms with Crippen LogP contribution in [0.3, 0.4) is 0 Å². The summed E-state index contributed by atoms with van der Waals surface area (Å²) in [7, 11) is 0.927. The standard InChI is InChI=1S/C21H25FN4O6S/c1-25(2)9-8-23-21(28)15-10-17(22)20(26-12-19(27)24-33(26,29)30)18(11-15)32-13-14-4-6-16(31-3)7-5-14/h4-7,10-11H,8-9,12-13H2,1-3H3,(H,23,28)(H,24,27). The normalized spacial score (nSPS) is 14.8. The third kappa shape index (κ3) is 5.90. The number of carbonyl (C=O) groups excluding carboxylic acids is 2. The van der Waals surface area contributed by atoms with E-state index in [2.05, 4.69) is 5.32 Å². The molecule has 1 fully saturated rings. The Morgan fingerprint density at radius 3 is 2.52 bits per heavy atom. The zero-order chi connectivity index (χ0) is 24.2. The Bertz CT molecular complexity index is 1140. The average Bonchev–Trinajstić information content (AvgIpc) is 3.03. The van der Waals surface area contributed by atoms with Crippen LogP contribution in [-0.2, 0) is 21.6 Å². The highest BCUT2D eigenvalue weighted by atomic mass is 32.2. The van der Waals surface area contributed by atoms with Crippen LogP contribution >= 0.6 is 0 Å². The summed E-state index contributed by atoms with van der Waals surface area (Å²) in [5.41, 5.74) is 0.198. The van der Waals surface area contributed by atoms with E-state index >= 15 is 4.39 Å². The van der Waals surface area contributed by atoms with Crippen molar-refractivity contribution < 1.29 is 31.9 Å². The number of rotatable bonds is 9. The average molecular weight is 481 g/mol. The molecule has 0 spiro atoms. The SMILES string of the molecule is COc1ccc(COc2cc(C(=O)NCCN(C)C)cc(F)c2N2CC(=O)NS2(=O)=O)cc1. The van der Waals surface area contributed by atoms with Crippen molar-refractivity contribution in [1.29, 1.82) is 0 Å². The van der Waals surface area contributed by atoms with Gasteiger partial charge < -0.3 is 19.7 Å². The van der Waals surface area contributed by atoms with E-state index in [1.54, 1.807) is 29.0 Å². The molecule has 1 aliphatic rings. The minimum absolute atomic E-state index is 0.0442. The second-order valence-corrected chi connectivity index (χ2v) is 9.13. The second-order valence-electron chi connectivity index (χ2n) is 7.54. The zero-order valence-corrected chi connectivity index (χ0v) is 19.2. The summed E-state index contributed by atoms with van der Waals surface area (Å²) in [6.07, 6.45) is 0. The van der Waals surface area contributed by atoms with Crippen LogP contribution in [0.2, 0.25) is 0 Å². The summed E-state index contributed by atoms with van der Waals surface area (Å²) in [5.74, 6) is -1.92. The molecule has 1 heterocycles. The van der Waals surface area contributed by atoms with Gasteiger partial charge in [0.15, 0.2) is 5.82 Å². The number of amides is 2. The maximum atomic E-state index is 15.1. The van der Waals surface area contributed by atoms with Crippen LogP contribution in [0.4, 0.5) is 10.1 Å². The van der Waals surface area contributed by atoms with Crippen molar-refractivity contribution in [3.05, 3.63) is 53.3 Å². The van der Waals surface area contributed by atoms with Gasteiger partial charge in [0, 0.05) is 18.7 Å². The molecule has 2 aromatic carbocycles. The Labute approximate surface area is 191 Å². The molecule has 178 valence electrons. The number of nitrogens with zero attached hydrogens (tertiary/aromatic N) is 2. The number of anilines is 1. The lowest BCUT2D eigenvalue weighted by Gasteiger charge is -2.21. The molecule has 10 nitrogen and oxygen atoms in total. The van der Waals surface area contributed by atoms with Gasteiger partial charge in [-0.1, -0.05) is 12.1 Å². The van der Waals surface area contributed by atoms with Crippen molar-refractivity contribution in [1.82, 2.24) is 14.9 Å². The summed E-state index contributed by atoms with van der Waals surface area (Å²) in [4.78, 5) is 26.1. The Morgan fingerprint density at radius 1 is 1.24 bits per heavy atom. The number of halogens is 1. The van der Waals surface area contributed by atoms with E-state index in [4.69, 9.17) is 9.47 Å². The molecule has 33 heavy (non-hydrogen) atoms. The second kappa shape index (κ2) is 10.0. The fourth-order valence-corrected chi connectivity index (χ4v) is 4.25. The molecule has 3 rings (SSSR count). The highest BCUT2D eigenvalue weighted by molar-refractivity contribution is 7.92. The minimum atomic E-state index is -4.29. The van der Waals surface area contributed by atoms with Crippen molar-refractivity contribution in [3.8, 4) is 11.5 Å². The van der Waals surface area contributed by atoms with Gasteiger partial charge in [-0.3, -0.25) is 9.59 Å². The largest absolute Gasteiger partial charge is 0.497 e. The Morgan fingerprint density at radius 2 is 1.94 bits per heavy atom. The van der Waals surface area contributed by atoms with Gasteiger partial charge in [-0.2, -0.15) is 8.42 Å². The maximum absolute atomic E-state index is 15.1. The van der Waals surface area contributed by atoms with E-state index < -0.39 is 40.1 Å². The fraction of sp³-hybridized carbons (Fsp3) is 0.333. The molecular formula is C21H25FN4O6S. The summed E-state index contributed by atoms with van der Waals surface area (Å²) in [6, 6.07) is 9.05. The number of benzene rings is 2. The van der Waals surface area contributed by atoms with E-state index in [1.165, 1.54) is 13.2 Å². The van der Waals surface area contributed by atoms with Crippen LogP contribution in [0.5, 0.6) is 11.5 Å². The van der Waals surface area contributed by atoms with Gasteiger partial charge in [0.05, 0.1) is 7.11 Å². The van der Waals surface area contributed by atoms with Gasteiger partial charge in [0.2, 0.25) is 0 Å². The van der Waals surface area contributed by atoms with Crippen molar-refractivity contribution in [2.75, 3.05) is 45.1 Å². The lowest BCUT2D eigenvalue weighted by Crippen LogP contribution is -2.32. The predicted octanol–water partition coefficient (Wildman–Crippen LogP) is 0.886. The van der Waals surface area contributed by atoms with Crippen molar-refractivity contribution in [2.45, 2.75) is 6.61 Å². The number of nitrogens with one attached hydrogen (secondary N) is 2. The number of carbonyl (C=O) groups is 2. The topological polar surface area (TPSA) is 117 Å². The number of ether oxygens (including phenoxy) is 2. The first-order valence-electron chi connectivity index (χ1n) is 9.96. The number of likely N-dealkylation sites (N-methyl/N-ethyl adjacent to an activating group) is 1. The summed E-state index contributed by atoms with van der Waals surface area (Å²) in [5, 5.41) is 2.67. The van der Waals surface area contributed by atoms with Gasteiger partial charge >= 0.3 is 10.2 Å². The molecule has 0 aliphatic carbocycles. The molecule has 0 saturated carbocycles. The van der Waals surface area contributed by atoms with Crippen molar-refractivity contribution in [3.63, 3.8) is 0 Å². The van der Waals surface area contributed by atoms with Crippen LogP contribution in [0.15, 0.2) is 36.4 Å². The molecule has 0 unspecified atom stereocenters. The predicted molar refractivity (Wildman–Crippen MR) is 119 cm³/mol. The molecule has 0 aromatic heterocycles. The molecule has 2 aromatic rings. The monoisotopic (exact) mass is 480 g/mol. The maximum Gasteiger partial charge on any atom is 0.326 e. The molecule has 2 amide bonds. The highest BCUT2D eigenvalue weighted by Crippen LogP contribution is 2.36. The number of hydrogen-bond donors (Lipinski definition) is 2. The molecule has 0 radical (unpaired) electrons. The lowest BCUT2D eigenvalue weighted by atomic mass is 10.1. The molecule has 1 saturated heterocycles. The molecule has 0 atom stereocenters. The number of methoxy groups -OCH3 is 1. The first kappa shape index (κ1) is 24.3. The van der Waals surface area contributed by atoms with Crippen LogP contribution in [-0.4, -0.2) is 66.0 Å². The first-order valence-corrected chi connectivity index (χ1v) is 11.4. The third-order valence-corrected chi connectivity index (χ3v) is 6.14. The molecular weight excluding hydrogens is 455 g/mol. The van der Waals surface area contributed by atoms with Crippen molar-refractivity contribution >= 4 is 27.7 Å². The summed E-state index contributed by atoms with van der Waals surface area (Å²) < 4.78 is 53.0. The smallest absolute Gasteiger partial charge is 0.326 e. The highest BCUT2D eigenvalue weighted by Gasteiger charge is 2.38. The lowest BCUT2D eigenvalue weighted by molar-refractivity contribution is -0.117. The fourth-order valence-electron chi connectivity index (χ4n) is 3.08. The zero-order valence-electron chi connectivity index (χ0n) is 18.4. The first-order chi connectivity index (χ1) is 15.6. The summed E-state index contributed by atoms with van der Waals surface area (Å²) >= 11 is 0. The molecule has 0 bridgehead atoms. The Hall–Kier alpha value is -3.38. The van der Waals surface area contributed by atoms with Gasteiger partial charge in [-0.25, -0.2) is 13.4 Å². The van der Waals surface area contributed by atoms with E-state index in [0.717, 1.165) is 6.07 Å².